The molecule has 1 N–H and O–H groups in total. The Bertz CT molecular complexity index is 1410. The summed E-state index contributed by atoms with van der Waals surface area (Å²) in [5, 5.41) is 15.9. The molecule has 0 bridgehead atoms. The van der Waals surface area contributed by atoms with Crippen molar-refractivity contribution < 1.29 is 36.3 Å². The molecule has 2 aromatic carbocycles. The van der Waals surface area contributed by atoms with Crippen molar-refractivity contribution in [2.75, 3.05) is 17.3 Å². The average molecular weight is 519 g/mol. The fourth-order valence-corrected chi connectivity index (χ4v) is 4.00. The number of benzene rings is 2. The maximum Gasteiger partial charge on any atom is 0.458 e. The van der Waals surface area contributed by atoms with E-state index in [-0.39, 0.29) is 34.7 Å². The number of hydrogen-bond acceptors (Lipinski definition) is 5. The maximum absolute atomic E-state index is 13.7. The first kappa shape index (κ1) is 25.6. The Morgan fingerprint density at radius 1 is 1.16 bits per heavy atom. The van der Waals surface area contributed by atoms with E-state index in [0.717, 1.165) is 12.1 Å². The van der Waals surface area contributed by atoms with Crippen molar-refractivity contribution >= 4 is 23.2 Å². The van der Waals surface area contributed by atoms with Gasteiger partial charge in [-0.05, 0) is 37.3 Å². The van der Waals surface area contributed by atoms with E-state index < -0.39 is 35.5 Å². The van der Waals surface area contributed by atoms with Gasteiger partial charge in [0, 0.05) is 16.9 Å². The fourth-order valence-electron chi connectivity index (χ4n) is 4.00. The van der Waals surface area contributed by atoms with Crippen LogP contribution in [-0.2, 0) is 12.5 Å². The predicted octanol–water partition coefficient (Wildman–Crippen LogP) is 4.72. The highest BCUT2D eigenvalue weighted by molar-refractivity contribution is 6.15. The van der Waals surface area contributed by atoms with Crippen LogP contribution in [0.25, 0.3) is 0 Å². The molecule has 0 saturated heterocycles. The summed E-state index contributed by atoms with van der Waals surface area (Å²) in [6, 6.07) is 8.98. The van der Waals surface area contributed by atoms with Crippen LogP contribution in [-0.4, -0.2) is 40.9 Å². The number of alkyl halides is 5. The second kappa shape index (κ2) is 9.20. The molecule has 13 heteroatoms. The van der Waals surface area contributed by atoms with E-state index in [4.69, 9.17) is 4.74 Å². The Balaban J connectivity index is 1.62. The molecule has 37 heavy (non-hydrogen) atoms. The average Bonchev–Trinajstić information content (AvgIpc) is 3.27. The lowest BCUT2D eigenvalue weighted by Gasteiger charge is -2.34. The highest BCUT2D eigenvalue weighted by Crippen LogP contribution is 2.44. The van der Waals surface area contributed by atoms with Crippen molar-refractivity contribution in [1.82, 2.24) is 9.78 Å². The molecule has 1 aliphatic heterocycles. The molecule has 192 valence electrons. The van der Waals surface area contributed by atoms with E-state index in [9.17, 15) is 36.8 Å². The molecule has 0 aliphatic carbocycles. The number of anilines is 2. The number of fused-ring (bicyclic) bond motifs is 1. The van der Waals surface area contributed by atoms with Gasteiger partial charge in [-0.25, -0.2) is 0 Å². The highest BCUT2D eigenvalue weighted by atomic mass is 19.4. The van der Waals surface area contributed by atoms with Crippen LogP contribution in [0.4, 0.5) is 33.3 Å². The van der Waals surface area contributed by atoms with Gasteiger partial charge in [-0.3, -0.25) is 14.3 Å². The number of carbonyl (C=O) groups excluding carboxylic acids is 2. The van der Waals surface area contributed by atoms with Crippen LogP contribution in [0.5, 0.6) is 5.75 Å². The van der Waals surface area contributed by atoms with Crippen LogP contribution in [0.15, 0.2) is 48.7 Å². The number of halogens is 5. The van der Waals surface area contributed by atoms with Crippen molar-refractivity contribution in [3.05, 3.63) is 71.0 Å². The zero-order valence-electron chi connectivity index (χ0n) is 19.3. The summed E-state index contributed by atoms with van der Waals surface area (Å²) in [5.41, 5.74) is -0.926. The third kappa shape index (κ3) is 4.46. The molecular weight excluding hydrogens is 501 g/mol. The smallest absolute Gasteiger partial charge is 0.458 e. The minimum absolute atomic E-state index is 0.0758. The van der Waals surface area contributed by atoms with Crippen molar-refractivity contribution in [3.8, 4) is 11.8 Å². The maximum atomic E-state index is 13.7. The molecule has 1 atom stereocenters. The number of nitrogens with one attached hydrogen (secondary N) is 1. The number of amides is 2. The van der Waals surface area contributed by atoms with Crippen LogP contribution >= 0.6 is 0 Å². The van der Waals surface area contributed by atoms with Crippen LogP contribution < -0.4 is 15.0 Å². The normalized spacial score (nSPS) is 15.7. The molecule has 0 spiro atoms. The number of methoxy groups -OCH3 is 1. The monoisotopic (exact) mass is 519 g/mol. The zero-order chi connectivity index (χ0) is 27.1. The lowest BCUT2D eigenvalue weighted by atomic mass is 10.0. The molecule has 4 rings (SSSR count). The number of aromatic nitrogens is 2. The van der Waals surface area contributed by atoms with Crippen molar-refractivity contribution in [2.45, 2.75) is 31.6 Å². The van der Waals surface area contributed by atoms with Crippen LogP contribution in [0.3, 0.4) is 0 Å². The molecule has 3 aromatic rings. The van der Waals surface area contributed by atoms with Gasteiger partial charge in [0.05, 0.1) is 37.0 Å². The predicted molar refractivity (Wildman–Crippen MR) is 121 cm³/mol. The van der Waals surface area contributed by atoms with Gasteiger partial charge in [-0.15, -0.1) is 0 Å². The molecule has 8 nitrogen and oxygen atoms in total. The fraction of sp³-hybridized carbons (Fsp3) is 0.250. The topological polar surface area (TPSA) is 100 Å². The molecule has 0 radical (unpaired) electrons. The number of ether oxygens (including phenoxy) is 1. The van der Waals surface area contributed by atoms with Crippen LogP contribution in [0.2, 0.25) is 0 Å². The molecule has 0 saturated carbocycles. The molecule has 1 unspecified atom stereocenters. The summed E-state index contributed by atoms with van der Waals surface area (Å²) in [5.74, 6) is -6.13. The van der Waals surface area contributed by atoms with Gasteiger partial charge < -0.3 is 15.0 Å². The summed E-state index contributed by atoms with van der Waals surface area (Å²) in [4.78, 5) is 27.6. The molecule has 0 fully saturated rings. The Morgan fingerprint density at radius 2 is 1.84 bits per heavy atom. The molecule has 1 aliphatic rings. The lowest BCUT2D eigenvalue weighted by molar-refractivity contribution is -0.289. The first-order valence-corrected chi connectivity index (χ1v) is 10.7. The van der Waals surface area contributed by atoms with Gasteiger partial charge >= 0.3 is 12.1 Å². The SMILES string of the molecule is COc1ccc(NC(=O)c2cnn3c2C(=O)N(c2ccc(C(F)(F)C(F)(F)F)cc2)C(C)C3)cc1C#N. The molecule has 1 aromatic heterocycles. The highest BCUT2D eigenvalue weighted by Gasteiger charge is 2.58. The molecular formula is C24H18F5N5O3. The van der Waals surface area contributed by atoms with Gasteiger partial charge in [0.25, 0.3) is 11.8 Å². The number of nitriles is 1. The number of nitrogens with zero attached hydrogens (tertiary/aromatic N) is 4. The van der Waals surface area contributed by atoms with Crippen molar-refractivity contribution in [1.29, 1.82) is 5.26 Å². The number of carbonyl (C=O) groups is 2. The van der Waals surface area contributed by atoms with Crippen molar-refractivity contribution in [2.24, 2.45) is 0 Å². The van der Waals surface area contributed by atoms with Crippen molar-refractivity contribution in [3.63, 3.8) is 0 Å². The van der Waals surface area contributed by atoms with Crippen LogP contribution in [0, 0.1) is 11.3 Å². The lowest BCUT2D eigenvalue weighted by Crippen LogP contribution is -2.47. The summed E-state index contributed by atoms with van der Waals surface area (Å²) in [7, 11) is 1.39. The van der Waals surface area contributed by atoms with Gasteiger partial charge in [-0.1, -0.05) is 12.1 Å². The summed E-state index contributed by atoms with van der Waals surface area (Å²) >= 11 is 0. The Morgan fingerprint density at radius 3 is 2.43 bits per heavy atom. The Hall–Kier alpha value is -4.47. The minimum Gasteiger partial charge on any atom is -0.495 e. The first-order chi connectivity index (χ1) is 17.4. The Kier molecular flexibility index (Phi) is 6.37. The van der Waals surface area contributed by atoms with Crippen LogP contribution in [0.1, 0.15) is 38.9 Å². The van der Waals surface area contributed by atoms with Gasteiger partial charge in [-0.2, -0.15) is 32.3 Å². The van der Waals surface area contributed by atoms with Gasteiger partial charge in [0.1, 0.15) is 17.5 Å². The summed E-state index contributed by atoms with van der Waals surface area (Å²) in [6.45, 7) is 1.78. The number of hydrogen-bond donors (Lipinski definition) is 1. The second-order valence-corrected chi connectivity index (χ2v) is 8.21. The standard InChI is InChI=1S/C24H18F5N5O3/c1-13-12-33-20(18(11-31-33)21(35)32-16-5-8-19(37-2)14(9-16)10-30)22(36)34(13)17-6-3-15(4-7-17)23(25,26)24(27,28)29/h3-9,11,13H,12H2,1-2H3,(H,32,35). The largest absolute Gasteiger partial charge is 0.495 e. The first-order valence-electron chi connectivity index (χ1n) is 10.7. The molecule has 2 heterocycles. The summed E-state index contributed by atoms with van der Waals surface area (Å²) < 4.78 is 71.8. The summed E-state index contributed by atoms with van der Waals surface area (Å²) in [6.07, 6.45) is -4.57. The van der Waals surface area contributed by atoms with Gasteiger partial charge in [0.15, 0.2) is 0 Å². The second-order valence-electron chi connectivity index (χ2n) is 8.21. The van der Waals surface area contributed by atoms with Gasteiger partial charge in [0.2, 0.25) is 0 Å². The zero-order valence-corrected chi connectivity index (χ0v) is 19.3. The molecule has 2 amide bonds. The minimum atomic E-state index is -5.77. The van der Waals surface area contributed by atoms with E-state index in [2.05, 4.69) is 10.4 Å². The third-order valence-electron chi connectivity index (χ3n) is 5.83. The third-order valence-corrected chi connectivity index (χ3v) is 5.83. The van der Waals surface area contributed by atoms with E-state index in [1.54, 1.807) is 6.92 Å². The van der Waals surface area contributed by atoms with E-state index in [1.165, 1.54) is 41.1 Å². The van der Waals surface area contributed by atoms with E-state index in [1.807, 2.05) is 6.07 Å². The van der Waals surface area contributed by atoms with E-state index >= 15 is 0 Å². The Labute approximate surface area is 206 Å². The number of rotatable bonds is 5. The quantitative estimate of drug-likeness (QED) is 0.492. The van der Waals surface area contributed by atoms with E-state index in [0.29, 0.717) is 17.9 Å².